The number of benzene rings is 1. The molecule has 88 valence electrons. The Hall–Kier alpha value is -1.78. The minimum Gasteiger partial charge on any atom is -0.505 e. The SMILES string of the molecule is CC(C)(Cc1ccc(O)c(F)c1)OC(N)=O. The predicted molar refractivity (Wildman–Crippen MR) is 56.5 cm³/mol. The zero-order valence-electron chi connectivity index (χ0n) is 9.16. The molecule has 5 heteroatoms. The van der Waals surface area contributed by atoms with Gasteiger partial charge in [-0.2, -0.15) is 0 Å². The molecule has 16 heavy (non-hydrogen) atoms. The fourth-order valence-corrected chi connectivity index (χ4v) is 1.46. The number of hydrogen-bond acceptors (Lipinski definition) is 3. The first-order valence-electron chi connectivity index (χ1n) is 4.76. The molecule has 0 saturated heterocycles. The van der Waals surface area contributed by atoms with Gasteiger partial charge < -0.3 is 15.6 Å². The number of phenols is 1. The molecule has 0 aliphatic rings. The van der Waals surface area contributed by atoms with Crippen LogP contribution in [0.3, 0.4) is 0 Å². The van der Waals surface area contributed by atoms with Crippen molar-refractivity contribution in [2.75, 3.05) is 0 Å². The van der Waals surface area contributed by atoms with Gasteiger partial charge in [0, 0.05) is 6.42 Å². The van der Waals surface area contributed by atoms with E-state index in [0.717, 1.165) is 0 Å². The van der Waals surface area contributed by atoms with Crippen LogP contribution in [0.15, 0.2) is 18.2 Å². The van der Waals surface area contributed by atoms with Crippen molar-refractivity contribution in [1.29, 1.82) is 0 Å². The molecule has 0 spiro atoms. The van der Waals surface area contributed by atoms with Gasteiger partial charge in [-0.15, -0.1) is 0 Å². The summed E-state index contributed by atoms with van der Waals surface area (Å²) in [5.41, 5.74) is 4.71. The van der Waals surface area contributed by atoms with E-state index >= 15 is 0 Å². The second-order valence-electron chi connectivity index (χ2n) is 4.14. The number of rotatable bonds is 3. The van der Waals surface area contributed by atoms with E-state index in [-0.39, 0.29) is 0 Å². The molecule has 0 saturated carbocycles. The van der Waals surface area contributed by atoms with Crippen molar-refractivity contribution in [2.24, 2.45) is 5.73 Å². The van der Waals surface area contributed by atoms with E-state index in [4.69, 9.17) is 15.6 Å². The lowest BCUT2D eigenvalue weighted by Gasteiger charge is -2.24. The lowest BCUT2D eigenvalue weighted by atomic mass is 9.98. The van der Waals surface area contributed by atoms with E-state index in [0.29, 0.717) is 12.0 Å². The van der Waals surface area contributed by atoms with Crippen LogP contribution < -0.4 is 5.73 Å². The first kappa shape index (κ1) is 12.3. The van der Waals surface area contributed by atoms with Gasteiger partial charge in [0.15, 0.2) is 11.6 Å². The number of primary amides is 1. The van der Waals surface area contributed by atoms with E-state index in [1.54, 1.807) is 19.9 Å². The van der Waals surface area contributed by atoms with E-state index < -0.39 is 23.3 Å². The number of amides is 1. The van der Waals surface area contributed by atoms with Gasteiger partial charge in [-0.1, -0.05) is 6.07 Å². The molecular formula is C11H14FNO3. The standard InChI is InChI=1S/C11H14FNO3/c1-11(2,16-10(13)15)6-7-3-4-9(14)8(12)5-7/h3-5,14H,6H2,1-2H3,(H2,13,15). The minimum atomic E-state index is -0.871. The Bertz CT molecular complexity index is 404. The average Bonchev–Trinajstić information content (AvgIpc) is 2.08. The molecule has 0 aliphatic heterocycles. The maximum atomic E-state index is 13.0. The average molecular weight is 227 g/mol. The highest BCUT2D eigenvalue weighted by Gasteiger charge is 2.22. The first-order chi connectivity index (χ1) is 7.30. The number of carbonyl (C=O) groups is 1. The summed E-state index contributed by atoms with van der Waals surface area (Å²) in [6.07, 6.45) is -0.558. The van der Waals surface area contributed by atoms with E-state index in [1.165, 1.54) is 12.1 Å². The van der Waals surface area contributed by atoms with E-state index in [1.807, 2.05) is 0 Å². The normalized spacial score (nSPS) is 11.2. The second-order valence-corrected chi connectivity index (χ2v) is 4.14. The van der Waals surface area contributed by atoms with Crippen LogP contribution in [0.4, 0.5) is 9.18 Å². The smallest absolute Gasteiger partial charge is 0.405 e. The van der Waals surface area contributed by atoms with Gasteiger partial charge in [0.1, 0.15) is 5.60 Å². The largest absolute Gasteiger partial charge is 0.505 e. The zero-order valence-corrected chi connectivity index (χ0v) is 9.16. The van der Waals surface area contributed by atoms with Crippen LogP contribution in [0.2, 0.25) is 0 Å². The number of phenolic OH excluding ortho intramolecular Hbond substituents is 1. The maximum Gasteiger partial charge on any atom is 0.405 e. The van der Waals surface area contributed by atoms with Gasteiger partial charge in [0.05, 0.1) is 0 Å². The quantitative estimate of drug-likeness (QED) is 0.828. The van der Waals surface area contributed by atoms with Gasteiger partial charge in [-0.05, 0) is 31.5 Å². The Kier molecular flexibility index (Phi) is 3.37. The fraction of sp³-hybridized carbons (Fsp3) is 0.364. The maximum absolute atomic E-state index is 13.0. The molecule has 0 aliphatic carbocycles. The molecule has 0 unspecified atom stereocenters. The van der Waals surface area contributed by atoms with Gasteiger partial charge in [0.25, 0.3) is 0 Å². The van der Waals surface area contributed by atoms with Crippen LogP contribution in [0.1, 0.15) is 19.4 Å². The summed E-state index contributed by atoms with van der Waals surface area (Å²) in [5, 5.41) is 9.01. The van der Waals surface area contributed by atoms with Crippen molar-refractivity contribution in [1.82, 2.24) is 0 Å². The Morgan fingerprint density at radius 3 is 2.69 bits per heavy atom. The number of ether oxygens (including phenoxy) is 1. The van der Waals surface area contributed by atoms with Crippen molar-refractivity contribution in [3.8, 4) is 5.75 Å². The summed E-state index contributed by atoms with van der Waals surface area (Å²) in [7, 11) is 0. The summed E-state index contributed by atoms with van der Waals surface area (Å²) in [5.74, 6) is -1.11. The molecular weight excluding hydrogens is 213 g/mol. The molecule has 0 bridgehead atoms. The van der Waals surface area contributed by atoms with Crippen molar-refractivity contribution in [3.05, 3.63) is 29.6 Å². The second kappa shape index (κ2) is 4.38. The van der Waals surface area contributed by atoms with Crippen LogP contribution in [0, 0.1) is 5.82 Å². The monoisotopic (exact) mass is 227 g/mol. The predicted octanol–water partition coefficient (Wildman–Crippen LogP) is 1.95. The number of halogens is 1. The lowest BCUT2D eigenvalue weighted by Crippen LogP contribution is -2.33. The molecule has 1 amide bonds. The lowest BCUT2D eigenvalue weighted by molar-refractivity contribution is 0.0460. The highest BCUT2D eigenvalue weighted by molar-refractivity contribution is 5.65. The number of carbonyl (C=O) groups excluding carboxylic acids is 1. The van der Waals surface area contributed by atoms with E-state index in [2.05, 4.69) is 0 Å². The molecule has 0 fully saturated rings. The molecule has 3 N–H and O–H groups in total. The Labute approximate surface area is 92.8 Å². The summed E-state index contributed by atoms with van der Waals surface area (Å²) < 4.78 is 17.9. The minimum absolute atomic E-state index is 0.313. The van der Waals surface area contributed by atoms with Gasteiger partial charge in [-0.3, -0.25) is 0 Å². The molecule has 0 radical (unpaired) electrons. The molecule has 1 rings (SSSR count). The Morgan fingerprint density at radius 1 is 1.56 bits per heavy atom. The Balaban J connectivity index is 2.79. The third kappa shape index (κ3) is 3.42. The van der Waals surface area contributed by atoms with Gasteiger partial charge in [-0.25, -0.2) is 9.18 Å². The number of nitrogens with two attached hydrogens (primary N) is 1. The molecule has 0 heterocycles. The molecule has 0 atom stereocenters. The Morgan fingerprint density at radius 2 is 2.19 bits per heavy atom. The summed E-state index contributed by atoms with van der Waals surface area (Å²) >= 11 is 0. The highest BCUT2D eigenvalue weighted by Crippen LogP contribution is 2.21. The fourth-order valence-electron chi connectivity index (χ4n) is 1.46. The third-order valence-corrected chi connectivity index (χ3v) is 2.02. The highest BCUT2D eigenvalue weighted by atomic mass is 19.1. The molecule has 0 aromatic heterocycles. The zero-order chi connectivity index (χ0) is 12.3. The van der Waals surface area contributed by atoms with Crippen LogP contribution in [0.25, 0.3) is 0 Å². The van der Waals surface area contributed by atoms with Crippen molar-refractivity contribution in [3.63, 3.8) is 0 Å². The van der Waals surface area contributed by atoms with E-state index in [9.17, 15) is 9.18 Å². The summed E-state index contributed by atoms with van der Waals surface area (Å²) in [4.78, 5) is 10.6. The van der Waals surface area contributed by atoms with Crippen LogP contribution in [-0.2, 0) is 11.2 Å². The summed E-state index contributed by atoms with van der Waals surface area (Å²) in [6, 6.07) is 4.01. The van der Waals surface area contributed by atoms with Crippen molar-refractivity contribution in [2.45, 2.75) is 25.9 Å². The first-order valence-corrected chi connectivity index (χ1v) is 4.76. The molecule has 1 aromatic carbocycles. The van der Waals surface area contributed by atoms with Crippen molar-refractivity contribution >= 4 is 6.09 Å². The molecule has 1 aromatic rings. The van der Waals surface area contributed by atoms with Crippen LogP contribution >= 0.6 is 0 Å². The number of aromatic hydroxyl groups is 1. The van der Waals surface area contributed by atoms with Crippen LogP contribution in [-0.4, -0.2) is 16.8 Å². The third-order valence-electron chi connectivity index (χ3n) is 2.02. The summed E-state index contributed by atoms with van der Waals surface area (Å²) in [6.45, 7) is 3.34. The number of hydrogen-bond donors (Lipinski definition) is 2. The molecule has 4 nitrogen and oxygen atoms in total. The van der Waals surface area contributed by atoms with Crippen LogP contribution in [0.5, 0.6) is 5.75 Å². The topological polar surface area (TPSA) is 72.6 Å². The van der Waals surface area contributed by atoms with Gasteiger partial charge >= 0.3 is 6.09 Å². The van der Waals surface area contributed by atoms with Gasteiger partial charge in [0.2, 0.25) is 0 Å². The van der Waals surface area contributed by atoms with Crippen molar-refractivity contribution < 1.29 is 19.0 Å².